The maximum Gasteiger partial charge on any atom is 0.345 e. The standard InChI is InChI=1S/C10H9NO4S/c12-7-2-1-3-8(13)11(7)9-5-4-6(16-9)10(14)15/h4-5H,1-3H2,(H,14,15). The highest BCUT2D eigenvalue weighted by Crippen LogP contribution is 2.29. The summed E-state index contributed by atoms with van der Waals surface area (Å²) in [5.41, 5.74) is 0. The second kappa shape index (κ2) is 4.05. The summed E-state index contributed by atoms with van der Waals surface area (Å²) >= 11 is 0.940. The Morgan fingerprint density at radius 3 is 2.38 bits per heavy atom. The van der Waals surface area contributed by atoms with Gasteiger partial charge in [-0.05, 0) is 18.6 Å². The van der Waals surface area contributed by atoms with Crippen LogP contribution in [0.5, 0.6) is 0 Å². The molecule has 1 N–H and O–H groups in total. The normalized spacial score (nSPS) is 16.6. The Hall–Kier alpha value is -1.69. The van der Waals surface area contributed by atoms with Crippen LogP contribution in [0.2, 0.25) is 0 Å². The maximum absolute atomic E-state index is 11.5. The van der Waals surface area contributed by atoms with Crippen molar-refractivity contribution in [2.24, 2.45) is 0 Å². The second-order valence-electron chi connectivity index (χ2n) is 3.42. The van der Waals surface area contributed by atoms with Gasteiger partial charge in [-0.3, -0.25) is 9.59 Å². The van der Waals surface area contributed by atoms with Crippen LogP contribution in [0.3, 0.4) is 0 Å². The molecule has 1 aliphatic rings. The molecule has 1 saturated heterocycles. The van der Waals surface area contributed by atoms with Gasteiger partial charge in [0, 0.05) is 12.8 Å². The number of piperidine rings is 1. The van der Waals surface area contributed by atoms with E-state index in [2.05, 4.69) is 0 Å². The number of hydrogen-bond acceptors (Lipinski definition) is 4. The van der Waals surface area contributed by atoms with Crippen molar-refractivity contribution in [3.8, 4) is 0 Å². The van der Waals surface area contributed by atoms with Gasteiger partial charge < -0.3 is 5.11 Å². The Morgan fingerprint density at radius 1 is 1.25 bits per heavy atom. The largest absolute Gasteiger partial charge is 0.477 e. The zero-order valence-corrected chi connectivity index (χ0v) is 9.12. The van der Waals surface area contributed by atoms with E-state index in [1.54, 1.807) is 0 Å². The lowest BCUT2D eigenvalue weighted by atomic mass is 10.1. The summed E-state index contributed by atoms with van der Waals surface area (Å²) in [6.07, 6.45) is 1.25. The third-order valence-corrected chi connectivity index (χ3v) is 3.36. The van der Waals surface area contributed by atoms with Crippen LogP contribution in [0, 0.1) is 0 Å². The van der Waals surface area contributed by atoms with E-state index in [0.717, 1.165) is 16.2 Å². The van der Waals surface area contributed by atoms with E-state index in [0.29, 0.717) is 24.3 Å². The Kier molecular flexibility index (Phi) is 2.74. The van der Waals surface area contributed by atoms with E-state index in [9.17, 15) is 14.4 Å². The van der Waals surface area contributed by atoms with Gasteiger partial charge in [0.2, 0.25) is 11.8 Å². The molecule has 0 saturated carbocycles. The topological polar surface area (TPSA) is 74.7 Å². The lowest BCUT2D eigenvalue weighted by Crippen LogP contribution is -2.39. The first kappa shape index (κ1) is 10.8. The Bertz CT molecular complexity index is 449. The van der Waals surface area contributed by atoms with Crippen molar-refractivity contribution in [3.63, 3.8) is 0 Å². The number of carboxylic acid groups (broad SMARTS) is 1. The number of rotatable bonds is 2. The molecule has 84 valence electrons. The highest BCUT2D eigenvalue weighted by Gasteiger charge is 2.28. The summed E-state index contributed by atoms with van der Waals surface area (Å²) in [6, 6.07) is 2.90. The van der Waals surface area contributed by atoms with Gasteiger partial charge >= 0.3 is 5.97 Å². The van der Waals surface area contributed by atoms with E-state index in [1.165, 1.54) is 12.1 Å². The second-order valence-corrected chi connectivity index (χ2v) is 4.48. The molecule has 16 heavy (non-hydrogen) atoms. The third kappa shape index (κ3) is 1.83. The SMILES string of the molecule is O=C(O)c1ccc(N2C(=O)CCCC2=O)s1. The van der Waals surface area contributed by atoms with E-state index in [-0.39, 0.29) is 16.7 Å². The van der Waals surface area contributed by atoms with Gasteiger partial charge in [-0.25, -0.2) is 9.69 Å². The quantitative estimate of drug-likeness (QED) is 0.793. The minimum absolute atomic E-state index is 0.126. The van der Waals surface area contributed by atoms with Crippen LogP contribution in [-0.2, 0) is 9.59 Å². The molecule has 1 fully saturated rings. The fourth-order valence-corrected chi connectivity index (χ4v) is 2.44. The van der Waals surface area contributed by atoms with Crippen molar-refractivity contribution in [2.75, 3.05) is 4.90 Å². The number of imide groups is 1. The number of carbonyl (C=O) groups excluding carboxylic acids is 2. The average Bonchev–Trinajstić information content (AvgIpc) is 2.66. The van der Waals surface area contributed by atoms with Crippen LogP contribution in [0.1, 0.15) is 28.9 Å². The lowest BCUT2D eigenvalue weighted by molar-refractivity contribution is -0.128. The van der Waals surface area contributed by atoms with Crippen molar-refractivity contribution in [3.05, 3.63) is 17.0 Å². The number of hydrogen-bond donors (Lipinski definition) is 1. The Balaban J connectivity index is 2.31. The molecule has 0 spiro atoms. The van der Waals surface area contributed by atoms with Gasteiger partial charge in [0.05, 0.1) is 0 Å². The van der Waals surface area contributed by atoms with Crippen LogP contribution in [0.15, 0.2) is 12.1 Å². The molecule has 6 heteroatoms. The minimum Gasteiger partial charge on any atom is -0.477 e. The molecular weight excluding hydrogens is 230 g/mol. The number of aromatic carboxylic acids is 1. The van der Waals surface area contributed by atoms with Gasteiger partial charge in [0.15, 0.2) is 0 Å². The average molecular weight is 239 g/mol. The molecule has 0 atom stereocenters. The number of carboxylic acids is 1. The monoisotopic (exact) mass is 239 g/mol. The molecule has 0 aliphatic carbocycles. The van der Waals surface area contributed by atoms with Gasteiger partial charge in [-0.2, -0.15) is 0 Å². The van der Waals surface area contributed by atoms with Crippen molar-refractivity contribution in [1.29, 1.82) is 0 Å². The van der Waals surface area contributed by atoms with Gasteiger partial charge in [0.1, 0.15) is 9.88 Å². The first-order valence-corrected chi connectivity index (χ1v) is 5.60. The minimum atomic E-state index is -1.05. The Labute approximate surface area is 95.3 Å². The van der Waals surface area contributed by atoms with Crippen LogP contribution in [-0.4, -0.2) is 22.9 Å². The first-order valence-electron chi connectivity index (χ1n) is 4.78. The van der Waals surface area contributed by atoms with Crippen molar-refractivity contribution in [1.82, 2.24) is 0 Å². The third-order valence-electron chi connectivity index (χ3n) is 2.30. The molecule has 0 unspecified atom stereocenters. The molecular formula is C10H9NO4S. The first-order chi connectivity index (χ1) is 7.59. The summed E-state index contributed by atoms with van der Waals surface area (Å²) in [5.74, 6) is -1.56. The smallest absolute Gasteiger partial charge is 0.345 e. The predicted molar refractivity (Wildman–Crippen MR) is 57.6 cm³/mol. The molecule has 5 nitrogen and oxygen atoms in total. The fourth-order valence-electron chi connectivity index (χ4n) is 1.56. The Morgan fingerprint density at radius 2 is 1.88 bits per heavy atom. The molecule has 1 aromatic heterocycles. The van der Waals surface area contributed by atoms with Crippen LogP contribution in [0.25, 0.3) is 0 Å². The van der Waals surface area contributed by atoms with E-state index < -0.39 is 5.97 Å². The number of amides is 2. The van der Waals surface area contributed by atoms with E-state index in [1.807, 2.05) is 0 Å². The van der Waals surface area contributed by atoms with E-state index in [4.69, 9.17) is 5.11 Å². The lowest BCUT2D eigenvalue weighted by Gasteiger charge is -2.22. The van der Waals surface area contributed by atoms with Crippen molar-refractivity contribution in [2.45, 2.75) is 19.3 Å². The number of thiophene rings is 1. The maximum atomic E-state index is 11.5. The summed E-state index contributed by atoms with van der Waals surface area (Å²) < 4.78 is 0. The molecule has 0 bridgehead atoms. The molecule has 2 rings (SSSR count). The summed E-state index contributed by atoms with van der Waals surface area (Å²) in [7, 11) is 0. The van der Waals surface area contributed by atoms with Crippen LogP contribution >= 0.6 is 11.3 Å². The van der Waals surface area contributed by atoms with Gasteiger partial charge in [0.25, 0.3) is 0 Å². The van der Waals surface area contributed by atoms with Crippen LogP contribution in [0.4, 0.5) is 5.00 Å². The van der Waals surface area contributed by atoms with Gasteiger partial charge in [-0.15, -0.1) is 11.3 Å². The molecule has 0 radical (unpaired) electrons. The number of anilines is 1. The van der Waals surface area contributed by atoms with Crippen LogP contribution < -0.4 is 4.90 Å². The van der Waals surface area contributed by atoms with Gasteiger partial charge in [-0.1, -0.05) is 0 Å². The van der Waals surface area contributed by atoms with Crippen molar-refractivity contribution < 1.29 is 19.5 Å². The molecule has 1 aromatic rings. The highest BCUT2D eigenvalue weighted by molar-refractivity contribution is 7.18. The summed E-state index contributed by atoms with van der Waals surface area (Å²) in [4.78, 5) is 35.0. The molecule has 2 heterocycles. The zero-order chi connectivity index (χ0) is 11.7. The zero-order valence-electron chi connectivity index (χ0n) is 8.30. The molecule has 0 aromatic carbocycles. The summed E-state index contributed by atoms with van der Waals surface area (Å²) in [5, 5.41) is 9.15. The number of nitrogens with zero attached hydrogens (tertiary/aromatic N) is 1. The molecule has 1 aliphatic heterocycles. The number of carbonyl (C=O) groups is 3. The molecule has 2 amide bonds. The predicted octanol–water partition coefficient (Wildman–Crippen LogP) is 1.49. The van der Waals surface area contributed by atoms with Crippen molar-refractivity contribution >= 4 is 34.1 Å². The highest BCUT2D eigenvalue weighted by atomic mass is 32.1. The fraction of sp³-hybridized carbons (Fsp3) is 0.300. The van der Waals surface area contributed by atoms with E-state index >= 15 is 0 Å². The summed E-state index contributed by atoms with van der Waals surface area (Å²) in [6.45, 7) is 0.